The summed E-state index contributed by atoms with van der Waals surface area (Å²) in [5.41, 5.74) is 7.55. The Bertz CT molecular complexity index is 742. The molecule has 0 fully saturated rings. The molecule has 0 aliphatic rings. The van der Waals surface area contributed by atoms with Crippen LogP contribution in [0.1, 0.15) is 19.4 Å². The number of benzene rings is 1. The Morgan fingerprint density at radius 2 is 2.00 bits per heavy atom. The van der Waals surface area contributed by atoms with Crippen LogP contribution in [0.4, 0.5) is 0 Å². The van der Waals surface area contributed by atoms with E-state index in [-0.39, 0.29) is 23.4 Å². The van der Waals surface area contributed by atoms with Crippen molar-refractivity contribution in [1.82, 2.24) is 9.71 Å². The second-order valence-corrected chi connectivity index (χ2v) is 7.28. The molecule has 2 rings (SSSR count). The van der Waals surface area contributed by atoms with E-state index in [1.165, 1.54) is 0 Å². The van der Waals surface area contributed by atoms with Crippen molar-refractivity contribution in [2.45, 2.75) is 31.7 Å². The number of aromatic nitrogens is 1. The maximum atomic E-state index is 12.5. The SMILES string of the molecule is Cc1ccc(S(=O)(=O)NC[C@H](N)C(C)C)c2cccnc12. The maximum absolute atomic E-state index is 12.5. The van der Waals surface area contributed by atoms with Crippen molar-refractivity contribution < 1.29 is 8.42 Å². The van der Waals surface area contributed by atoms with E-state index in [0.717, 1.165) is 5.56 Å². The fraction of sp³-hybridized carbons (Fsp3) is 0.400. The summed E-state index contributed by atoms with van der Waals surface area (Å²) in [7, 11) is -3.60. The van der Waals surface area contributed by atoms with Crippen molar-refractivity contribution in [3.63, 3.8) is 0 Å². The average molecular weight is 307 g/mol. The lowest BCUT2D eigenvalue weighted by atomic mass is 10.1. The molecule has 1 aromatic heterocycles. The van der Waals surface area contributed by atoms with Crippen LogP contribution < -0.4 is 10.5 Å². The number of fused-ring (bicyclic) bond motifs is 1. The first-order valence-electron chi connectivity index (χ1n) is 6.92. The van der Waals surface area contributed by atoms with Gasteiger partial charge >= 0.3 is 0 Å². The second-order valence-electron chi connectivity index (χ2n) is 5.54. The summed E-state index contributed by atoms with van der Waals surface area (Å²) in [5.74, 6) is 0.212. The van der Waals surface area contributed by atoms with Gasteiger partial charge in [0.15, 0.2) is 0 Å². The fourth-order valence-corrected chi connectivity index (χ4v) is 3.31. The highest BCUT2D eigenvalue weighted by atomic mass is 32.2. The van der Waals surface area contributed by atoms with E-state index in [4.69, 9.17) is 5.73 Å². The Morgan fingerprint density at radius 3 is 2.67 bits per heavy atom. The number of rotatable bonds is 5. The molecule has 114 valence electrons. The summed E-state index contributed by atoms with van der Waals surface area (Å²) in [6.07, 6.45) is 1.66. The highest BCUT2D eigenvalue weighted by Gasteiger charge is 2.20. The number of nitrogens with one attached hydrogen (secondary N) is 1. The van der Waals surface area contributed by atoms with E-state index in [0.29, 0.717) is 10.9 Å². The third-order valence-corrected chi connectivity index (χ3v) is 5.07. The summed E-state index contributed by atoms with van der Waals surface area (Å²) < 4.78 is 27.6. The van der Waals surface area contributed by atoms with Gasteiger partial charge in [0.25, 0.3) is 0 Å². The van der Waals surface area contributed by atoms with Gasteiger partial charge in [0.05, 0.1) is 10.4 Å². The van der Waals surface area contributed by atoms with Crippen LogP contribution in [0.25, 0.3) is 10.9 Å². The second kappa shape index (κ2) is 6.09. The van der Waals surface area contributed by atoms with Crippen LogP contribution in [-0.4, -0.2) is 26.0 Å². The summed E-state index contributed by atoms with van der Waals surface area (Å²) >= 11 is 0. The molecule has 0 bridgehead atoms. The first kappa shape index (κ1) is 15.9. The van der Waals surface area contributed by atoms with Crippen LogP contribution in [-0.2, 0) is 10.0 Å². The molecule has 0 saturated heterocycles. The zero-order chi connectivity index (χ0) is 15.6. The van der Waals surface area contributed by atoms with Crippen LogP contribution in [0.15, 0.2) is 35.4 Å². The molecule has 0 aliphatic heterocycles. The summed E-state index contributed by atoms with van der Waals surface area (Å²) in [6.45, 7) is 6.05. The molecular weight excluding hydrogens is 286 g/mol. The molecule has 0 spiro atoms. The van der Waals surface area contributed by atoms with E-state index in [9.17, 15) is 8.42 Å². The minimum atomic E-state index is -3.60. The van der Waals surface area contributed by atoms with Gasteiger partial charge in [-0.2, -0.15) is 0 Å². The van der Waals surface area contributed by atoms with Crippen LogP contribution >= 0.6 is 0 Å². The predicted molar refractivity (Wildman–Crippen MR) is 84.5 cm³/mol. The molecule has 0 unspecified atom stereocenters. The quantitative estimate of drug-likeness (QED) is 0.882. The number of pyridine rings is 1. The van der Waals surface area contributed by atoms with Crippen molar-refractivity contribution in [2.24, 2.45) is 11.7 Å². The van der Waals surface area contributed by atoms with Gasteiger partial charge < -0.3 is 5.73 Å². The fourth-order valence-electron chi connectivity index (χ4n) is 2.04. The topological polar surface area (TPSA) is 85.1 Å². The van der Waals surface area contributed by atoms with Gasteiger partial charge in [0, 0.05) is 24.2 Å². The molecule has 21 heavy (non-hydrogen) atoms. The van der Waals surface area contributed by atoms with Gasteiger partial charge in [0.2, 0.25) is 10.0 Å². The largest absolute Gasteiger partial charge is 0.326 e. The molecule has 1 aromatic carbocycles. The predicted octanol–water partition coefficient (Wildman–Crippen LogP) is 1.80. The molecule has 1 atom stereocenters. The van der Waals surface area contributed by atoms with Crippen molar-refractivity contribution in [3.8, 4) is 0 Å². The molecule has 0 amide bonds. The highest BCUT2D eigenvalue weighted by molar-refractivity contribution is 7.89. The molecule has 3 N–H and O–H groups in total. The molecule has 5 nitrogen and oxygen atoms in total. The highest BCUT2D eigenvalue weighted by Crippen LogP contribution is 2.24. The summed E-state index contributed by atoms with van der Waals surface area (Å²) in [6, 6.07) is 6.68. The third kappa shape index (κ3) is 3.40. The lowest BCUT2D eigenvalue weighted by Gasteiger charge is -2.17. The normalized spacial score (nSPS) is 13.8. The first-order chi connectivity index (χ1) is 9.83. The average Bonchev–Trinajstić information content (AvgIpc) is 2.45. The molecule has 0 aliphatic carbocycles. The van der Waals surface area contributed by atoms with Gasteiger partial charge in [-0.15, -0.1) is 0 Å². The minimum Gasteiger partial charge on any atom is -0.326 e. The van der Waals surface area contributed by atoms with Crippen molar-refractivity contribution in [1.29, 1.82) is 0 Å². The number of hydrogen-bond acceptors (Lipinski definition) is 4. The number of aryl methyl sites for hydroxylation is 1. The number of hydrogen-bond donors (Lipinski definition) is 2. The lowest BCUT2D eigenvalue weighted by molar-refractivity contribution is 0.481. The van der Waals surface area contributed by atoms with Crippen LogP contribution in [0.5, 0.6) is 0 Å². The molecule has 2 aromatic rings. The van der Waals surface area contributed by atoms with Crippen molar-refractivity contribution in [3.05, 3.63) is 36.0 Å². The Morgan fingerprint density at radius 1 is 1.29 bits per heavy atom. The standard InChI is InChI=1S/C15H21N3O2S/c1-10(2)13(16)9-18-21(19,20)14-7-6-11(3)15-12(14)5-4-8-17-15/h4-8,10,13,18H,9,16H2,1-3H3/t13-/m0/s1. The van der Waals surface area contributed by atoms with Crippen LogP contribution in [0.3, 0.4) is 0 Å². The Balaban J connectivity index is 2.39. The summed E-state index contributed by atoms with van der Waals surface area (Å²) in [5, 5.41) is 0.628. The monoisotopic (exact) mass is 307 g/mol. The Labute approximate surface area is 125 Å². The van der Waals surface area contributed by atoms with E-state index in [1.54, 1.807) is 30.5 Å². The van der Waals surface area contributed by atoms with Gasteiger partial charge in [-0.3, -0.25) is 4.98 Å². The third-order valence-electron chi connectivity index (χ3n) is 3.59. The van der Waals surface area contributed by atoms with Gasteiger partial charge in [0.1, 0.15) is 0 Å². The van der Waals surface area contributed by atoms with Crippen molar-refractivity contribution >= 4 is 20.9 Å². The van der Waals surface area contributed by atoms with E-state index >= 15 is 0 Å². The molecule has 0 saturated carbocycles. The molecule has 0 radical (unpaired) electrons. The molecular formula is C15H21N3O2S. The summed E-state index contributed by atoms with van der Waals surface area (Å²) in [4.78, 5) is 4.50. The van der Waals surface area contributed by atoms with Gasteiger partial charge in [-0.25, -0.2) is 13.1 Å². The van der Waals surface area contributed by atoms with E-state index in [2.05, 4.69) is 9.71 Å². The van der Waals surface area contributed by atoms with E-state index < -0.39 is 10.0 Å². The van der Waals surface area contributed by atoms with E-state index in [1.807, 2.05) is 20.8 Å². The van der Waals surface area contributed by atoms with Crippen molar-refractivity contribution in [2.75, 3.05) is 6.54 Å². The van der Waals surface area contributed by atoms with Crippen LogP contribution in [0.2, 0.25) is 0 Å². The number of nitrogens with two attached hydrogens (primary N) is 1. The maximum Gasteiger partial charge on any atom is 0.241 e. The number of nitrogens with zero attached hydrogens (tertiary/aromatic N) is 1. The van der Waals surface area contributed by atoms with Gasteiger partial charge in [-0.05, 0) is 36.6 Å². The molecule has 1 heterocycles. The zero-order valence-corrected chi connectivity index (χ0v) is 13.3. The zero-order valence-electron chi connectivity index (χ0n) is 12.5. The minimum absolute atomic E-state index is 0.212. The lowest BCUT2D eigenvalue weighted by Crippen LogP contribution is -2.40. The number of sulfonamides is 1. The first-order valence-corrected chi connectivity index (χ1v) is 8.41. The smallest absolute Gasteiger partial charge is 0.241 e. The van der Waals surface area contributed by atoms with Crippen LogP contribution in [0, 0.1) is 12.8 Å². The Kier molecular flexibility index (Phi) is 4.61. The molecule has 6 heteroatoms. The Hall–Kier alpha value is -1.50. The van der Waals surface area contributed by atoms with Gasteiger partial charge in [-0.1, -0.05) is 19.9 Å².